The molecule has 0 bridgehead atoms. The lowest BCUT2D eigenvalue weighted by Gasteiger charge is -2.31. The lowest BCUT2D eigenvalue weighted by Crippen LogP contribution is -2.45. The maximum atomic E-state index is 13.0. The molecular weight excluding hydrogens is 330 g/mol. The first kappa shape index (κ1) is 16.9. The monoisotopic (exact) mass is 353 g/mol. The van der Waals surface area contributed by atoms with Crippen molar-refractivity contribution in [1.82, 2.24) is 15.8 Å². The Bertz CT molecular complexity index is 768. The van der Waals surface area contributed by atoms with E-state index in [1.807, 2.05) is 61.6 Å². The zero-order valence-electron chi connectivity index (χ0n) is 14.7. The van der Waals surface area contributed by atoms with Crippen LogP contribution in [0, 0.1) is 5.92 Å². The third kappa shape index (κ3) is 3.38. The molecule has 0 aromatic heterocycles. The minimum Gasteiger partial charge on any atom is -0.486 e. The fourth-order valence-electron chi connectivity index (χ4n) is 3.53. The summed E-state index contributed by atoms with van der Waals surface area (Å²) in [6, 6.07) is 17.6. The summed E-state index contributed by atoms with van der Waals surface area (Å²) in [6.45, 7) is 1.54. The van der Waals surface area contributed by atoms with Gasteiger partial charge in [0.05, 0.1) is 18.5 Å². The second kappa shape index (κ2) is 7.35. The van der Waals surface area contributed by atoms with Crippen LogP contribution in [0.2, 0.25) is 0 Å². The average molecular weight is 353 g/mol. The van der Waals surface area contributed by atoms with Gasteiger partial charge in [-0.3, -0.25) is 10.2 Å². The summed E-state index contributed by atoms with van der Waals surface area (Å²) in [6.07, 6.45) is -0.170. The van der Waals surface area contributed by atoms with Crippen molar-refractivity contribution in [2.75, 3.05) is 26.7 Å². The van der Waals surface area contributed by atoms with Crippen LogP contribution in [-0.4, -0.2) is 43.7 Å². The molecular formula is C20H23N3O3. The maximum Gasteiger partial charge on any atom is 0.228 e. The molecule has 3 atom stereocenters. The standard InChI is InChI=1S/C20H23N3O3/c1-23(12-15-13-25-17-9-5-6-10-18(17)26-15)20(24)16-11-21-22-19(16)14-7-3-2-4-8-14/h2-10,15-16,19,21-22H,11-13H2,1H3. The average Bonchev–Trinajstić information content (AvgIpc) is 3.17. The Balaban J connectivity index is 1.40. The molecule has 2 N–H and O–H groups in total. The van der Waals surface area contributed by atoms with Crippen molar-refractivity contribution in [3.63, 3.8) is 0 Å². The zero-order valence-corrected chi connectivity index (χ0v) is 14.7. The first-order valence-electron chi connectivity index (χ1n) is 8.89. The van der Waals surface area contributed by atoms with Crippen molar-refractivity contribution < 1.29 is 14.3 Å². The Labute approximate surface area is 153 Å². The Morgan fingerprint density at radius 1 is 1.12 bits per heavy atom. The molecule has 2 aliphatic rings. The molecule has 0 aliphatic carbocycles. The van der Waals surface area contributed by atoms with E-state index in [4.69, 9.17) is 9.47 Å². The normalized spacial score (nSPS) is 24.3. The third-order valence-electron chi connectivity index (χ3n) is 4.88. The van der Waals surface area contributed by atoms with E-state index >= 15 is 0 Å². The van der Waals surface area contributed by atoms with Gasteiger partial charge in [0.15, 0.2) is 17.6 Å². The predicted octanol–water partition coefficient (Wildman–Crippen LogP) is 1.75. The Morgan fingerprint density at radius 2 is 1.85 bits per heavy atom. The van der Waals surface area contributed by atoms with Gasteiger partial charge in [-0.2, -0.15) is 0 Å². The lowest BCUT2D eigenvalue weighted by atomic mass is 9.94. The number of benzene rings is 2. The van der Waals surface area contributed by atoms with Crippen LogP contribution in [-0.2, 0) is 4.79 Å². The number of hydrogen-bond donors (Lipinski definition) is 2. The van der Waals surface area contributed by atoms with Gasteiger partial charge < -0.3 is 14.4 Å². The number of likely N-dealkylation sites (N-methyl/N-ethyl adjacent to an activating group) is 1. The highest BCUT2D eigenvalue weighted by Gasteiger charge is 2.36. The number of carbonyl (C=O) groups excluding carboxylic acids is 1. The first-order valence-corrected chi connectivity index (χ1v) is 8.89. The fraction of sp³-hybridized carbons (Fsp3) is 0.350. The molecule has 0 saturated carbocycles. The van der Waals surface area contributed by atoms with E-state index in [-0.39, 0.29) is 24.0 Å². The molecule has 2 aromatic rings. The van der Waals surface area contributed by atoms with E-state index in [0.717, 1.165) is 17.1 Å². The third-order valence-corrected chi connectivity index (χ3v) is 4.88. The van der Waals surface area contributed by atoms with Gasteiger partial charge >= 0.3 is 0 Å². The second-order valence-corrected chi connectivity index (χ2v) is 6.74. The fourth-order valence-corrected chi connectivity index (χ4v) is 3.53. The van der Waals surface area contributed by atoms with Crippen LogP contribution in [0.15, 0.2) is 54.6 Å². The van der Waals surface area contributed by atoms with Gasteiger partial charge in [-0.1, -0.05) is 42.5 Å². The van der Waals surface area contributed by atoms with Gasteiger partial charge in [-0.15, -0.1) is 0 Å². The number of hydrogen-bond acceptors (Lipinski definition) is 5. The number of para-hydroxylation sites is 2. The highest BCUT2D eigenvalue weighted by atomic mass is 16.6. The van der Waals surface area contributed by atoms with Crippen LogP contribution in [0.4, 0.5) is 0 Å². The molecule has 2 aromatic carbocycles. The summed E-state index contributed by atoms with van der Waals surface area (Å²) < 4.78 is 11.7. The molecule has 1 saturated heterocycles. The Kier molecular flexibility index (Phi) is 4.77. The van der Waals surface area contributed by atoms with Crippen LogP contribution in [0.5, 0.6) is 11.5 Å². The molecule has 1 amide bonds. The van der Waals surface area contributed by atoms with Gasteiger partial charge in [0, 0.05) is 13.6 Å². The van der Waals surface area contributed by atoms with E-state index in [9.17, 15) is 4.79 Å². The first-order chi connectivity index (χ1) is 12.7. The summed E-state index contributed by atoms with van der Waals surface area (Å²) in [5, 5.41) is 0. The van der Waals surface area contributed by atoms with Crippen molar-refractivity contribution in [3.8, 4) is 11.5 Å². The molecule has 2 aliphatic heterocycles. The van der Waals surface area contributed by atoms with E-state index in [0.29, 0.717) is 19.7 Å². The van der Waals surface area contributed by atoms with Crippen LogP contribution in [0.1, 0.15) is 11.6 Å². The molecule has 6 heteroatoms. The Hall–Kier alpha value is -2.57. The SMILES string of the molecule is CN(CC1COc2ccccc2O1)C(=O)C1CNNC1c1ccccc1. The van der Waals surface area contributed by atoms with E-state index < -0.39 is 0 Å². The minimum atomic E-state index is -0.170. The summed E-state index contributed by atoms with van der Waals surface area (Å²) in [5.41, 5.74) is 7.45. The highest BCUT2D eigenvalue weighted by molar-refractivity contribution is 5.80. The van der Waals surface area contributed by atoms with Crippen LogP contribution >= 0.6 is 0 Å². The molecule has 0 radical (unpaired) electrons. The van der Waals surface area contributed by atoms with E-state index in [1.54, 1.807) is 4.90 Å². The number of rotatable bonds is 4. The van der Waals surface area contributed by atoms with Crippen molar-refractivity contribution in [1.29, 1.82) is 0 Å². The van der Waals surface area contributed by atoms with Crippen LogP contribution in [0.3, 0.4) is 0 Å². The molecule has 2 heterocycles. The van der Waals surface area contributed by atoms with E-state index in [1.165, 1.54) is 0 Å². The summed E-state index contributed by atoms with van der Waals surface area (Å²) >= 11 is 0. The molecule has 26 heavy (non-hydrogen) atoms. The van der Waals surface area contributed by atoms with Gasteiger partial charge in [0.25, 0.3) is 0 Å². The highest BCUT2D eigenvalue weighted by Crippen LogP contribution is 2.31. The van der Waals surface area contributed by atoms with Gasteiger partial charge in [-0.25, -0.2) is 5.43 Å². The number of amides is 1. The summed E-state index contributed by atoms with van der Waals surface area (Å²) in [7, 11) is 1.83. The van der Waals surface area contributed by atoms with E-state index in [2.05, 4.69) is 10.9 Å². The number of nitrogens with one attached hydrogen (secondary N) is 2. The molecule has 6 nitrogen and oxygen atoms in total. The lowest BCUT2D eigenvalue weighted by molar-refractivity contribution is -0.135. The van der Waals surface area contributed by atoms with Crippen molar-refractivity contribution in [2.24, 2.45) is 5.92 Å². The second-order valence-electron chi connectivity index (χ2n) is 6.74. The molecule has 3 unspecified atom stereocenters. The number of carbonyl (C=O) groups is 1. The quantitative estimate of drug-likeness (QED) is 0.877. The van der Waals surface area contributed by atoms with Gasteiger partial charge in [0.2, 0.25) is 5.91 Å². The van der Waals surface area contributed by atoms with Crippen molar-refractivity contribution in [3.05, 3.63) is 60.2 Å². The number of nitrogens with zero attached hydrogens (tertiary/aromatic N) is 1. The molecule has 136 valence electrons. The van der Waals surface area contributed by atoms with Crippen LogP contribution in [0.25, 0.3) is 0 Å². The smallest absolute Gasteiger partial charge is 0.228 e. The van der Waals surface area contributed by atoms with Crippen molar-refractivity contribution in [2.45, 2.75) is 12.1 Å². The van der Waals surface area contributed by atoms with Crippen LogP contribution < -0.4 is 20.3 Å². The largest absolute Gasteiger partial charge is 0.486 e. The number of ether oxygens (including phenoxy) is 2. The Morgan fingerprint density at radius 3 is 2.65 bits per heavy atom. The topological polar surface area (TPSA) is 62.8 Å². The molecule has 4 rings (SSSR count). The van der Waals surface area contributed by atoms with Gasteiger partial charge in [0.1, 0.15) is 6.61 Å². The molecule has 0 spiro atoms. The van der Waals surface area contributed by atoms with Crippen molar-refractivity contribution >= 4 is 5.91 Å². The zero-order chi connectivity index (χ0) is 17.9. The van der Waals surface area contributed by atoms with Gasteiger partial charge in [-0.05, 0) is 17.7 Å². The number of hydrazine groups is 1. The predicted molar refractivity (Wildman–Crippen MR) is 97.8 cm³/mol. The molecule has 1 fully saturated rings. The minimum absolute atomic E-state index is 0.0320. The maximum absolute atomic E-state index is 13.0. The number of fused-ring (bicyclic) bond motifs is 1. The summed E-state index contributed by atoms with van der Waals surface area (Å²) in [4.78, 5) is 14.7. The summed E-state index contributed by atoms with van der Waals surface area (Å²) in [5.74, 6) is 1.43.